The predicted molar refractivity (Wildman–Crippen MR) is 70.0 cm³/mol. The summed E-state index contributed by atoms with van der Waals surface area (Å²) >= 11 is 3.39. The molecule has 17 heavy (non-hydrogen) atoms. The number of nitrogens with zero attached hydrogens (tertiary/aromatic N) is 1. The Kier molecular flexibility index (Phi) is 3.40. The number of halogens is 1. The Morgan fingerprint density at radius 3 is 3.00 bits per heavy atom. The van der Waals surface area contributed by atoms with Crippen LogP contribution >= 0.6 is 15.9 Å². The number of benzene rings is 1. The van der Waals surface area contributed by atoms with Crippen LogP contribution in [0.4, 0.5) is 10.5 Å². The molecule has 5 heteroatoms. The second-order valence-corrected chi connectivity index (χ2v) is 5.34. The van der Waals surface area contributed by atoms with Crippen molar-refractivity contribution >= 4 is 27.7 Å². The van der Waals surface area contributed by atoms with Crippen LogP contribution in [0.1, 0.15) is 13.3 Å². The van der Waals surface area contributed by atoms with Gasteiger partial charge in [-0.15, -0.1) is 0 Å². The molecule has 0 radical (unpaired) electrons. The standard InChI is InChI=1S/C12H15BrN2O2/c1-12(5-6-14)8-15(11(16)17-12)10-4-2-3-9(13)7-10/h2-4,7H,5-6,8,14H2,1H3. The molecule has 1 aliphatic heterocycles. The van der Waals surface area contributed by atoms with Crippen molar-refractivity contribution in [3.05, 3.63) is 28.7 Å². The zero-order valence-corrected chi connectivity index (χ0v) is 11.2. The first-order valence-corrected chi connectivity index (χ1v) is 6.29. The molecule has 1 amide bonds. The molecule has 0 aromatic heterocycles. The highest BCUT2D eigenvalue weighted by Crippen LogP contribution is 2.30. The molecule has 1 saturated heterocycles. The Morgan fingerprint density at radius 1 is 1.59 bits per heavy atom. The zero-order chi connectivity index (χ0) is 12.5. The van der Waals surface area contributed by atoms with E-state index in [4.69, 9.17) is 10.5 Å². The van der Waals surface area contributed by atoms with Crippen LogP contribution in [0.15, 0.2) is 28.7 Å². The number of cyclic esters (lactones) is 1. The molecule has 0 spiro atoms. The van der Waals surface area contributed by atoms with Crippen molar-refractivity contribution in [3.8, 4) is 0 Å². The molecule has 1 fully saturated rings. The van der Waals surface area contributed by atoms with Gasteiger partial charge in [-0.1, -0.05) is 22.0 Å². The molecular formula is C12H15BrN2O2. The lowest BCUT2D eigenvalue weighted by Gasteiger charge is -2.20. The fraction of sp³-hybridized carbons (Fsp3) is 0.417. The molecule has 1 heterocycles. The van der Waals surface area contributed by atoms with Crippen LogP contribution in [-0.4, -0.2) is 24.8 Å². The first-order valence-electron chi connectivity index (χ1n) is 5.50. The molecule has 92 valence electrons. The molecule has 1 aromatic carbocycles. The van der Waals surface area contributed by atoms with E-state index in [0.717, 1.165) is 10.2 Å². The average Bonchev–Trinajstić information content (AvgIpc) is 2.55. The van der Waals surface area contributed by atoms with Gasteiger partial charge < -0.3 is 10.5 Å². The van der Waals surface area contributed by atoms with Crippen molar-refractivity contribution in [2.24, 2.45) is 5.73 Å². The lowest BCUT2D eigenvalue weighted by molar-refractivity contribution is 0.0672. The monoisotopic (exact) mass is 298 g/mol. The summed E-state index contributed by atoms with van der Waals surface area (Å²) in [6.45, 7) is 2.96. The summed E-state index contributed by atoms with van der Waals surface area (Å²) in [6.07, 6.45) is 0.363. The van der Waals surface area contributed by atoms with E-state index < -0.39 is 5.60 Å². The summed E-state index contributed by atoms with van der Waals surface area (Å²) in [6, 6.07) is 7.60. The average molecular weight is 299 g/mol. The minimum absolute atomic E-state index is 0.306. The van der Waals surface area contributed by atoms with Gasteiger partial charge in [0, 0.05) is 16.6 Å². The van der Waals surface area contributed by atoms with Gasteiger partial charge in [0.05, 0.1) is 6.54 Å². The largest absolute Gasteiger partial charge is 0.441 e. The fourth-order valence-electron chi connectivity index (χ4n) is 1.97. The van der Waals surface area contributed by atoms with E-state index in [-0.39, 0.29) is 6.09 Å². The molecule has 2 rings (SSSR count). The molecule has 2 N–H and O–H groups in total. The minimum atomic E-state index is -0.478. The highest BCUT2D eigenvalue weighted by molar-refractivity contribution is 9.10. The summed E-state index contributed by atoms with van der Waals surface area (Å²) in [5.41, 5.74) is 5.89. The number of rotatable bonds is 3. The molecule has 1 aliphatic rings. The van der Waals surface area contributed by atoms with Gasteiger partial charge >= 0.3 is 6.09 Å². The lowest BCUT2D eigenvalue weighted by atomic mass is 10.0. The topological polar surface area (TPSA) is 55.6 Å². The van der Waals surface area contributed by atoms with E-state index in [1.165, 1.54) is 0 Å². The molecular weight excluding hydrogens is 284 g/mol. The van der Waals surface area contributed by atoms with E-state index in [2.05, 4.69) is 15.9 Å². The van der Waals surface area contributed by atoms with Gasteiger partial charge in [-0.3, -0.25) is 4.90 Å². The summed E-state index contributed by atoms with van der Waals surface area (Å²) in [7, 11) is 0. The van der Waals surface area contributed by atoms with Crippen LogP contribution in [0.2, 0.25) is 0 Å². The SMILES string of the molecule is CC1(CCN)CN(c2cccc(Br)c2)C(=O)O1. The third-order valence-electron chi connectivity index (χ3n) is 2.84. The lowest BCUT2D eigenvalue weighted by Crippen LogP contribution is -2.33. The number of anilines is 1. The van der Waals surface area contributed by atoms with E-state index >= 15 is 0 Å². The Balaban J connectivity index is 2.21. The number of hydrogen-bond donors (Lipinski definition) is 1. The second kappa shape index (κ2) is 4.66. The molecule has 1 aromatic rings. The first-order chi connectivity index (χ1) is 8.04. The number of amides is 1. The fourth-order valence-corrected chi connectivity index (χ4v) is 2.36. The van der Waals surface area contributed by atoms with Gasteiger partial charge in [0.25, 0.3) is 0 Å². The third kappa shape index (κ3) is 2.61. The van der Waals surface area contributed by atoms with Crippen molar-refractivity contribution in [2.45, 2.75) is 18.9 Å². The summed E-state index contributed by atoms with van der Waals surface area (Å²) in [4.78, 5) is 13.5. The van der Waals surface area contributed by atoms with Gasteiger partial charge in [-0.25, -0.2) is 4.79 Å². The Bertz CT molecular complexity index is 438. The van der Waals surface area contributed by atoms with Gasteiger partial charge in [0.2, 0.25) is 0 Å². The first kappa shape index (κ1) is 12.4. The number of nitrogens with two attached hydrogens (primary N) is 1. The normalized spacial score (nSPS) is 23.9. The van der Waals surface area contributed by atoms with Crippen molar-refractivity contribution in [2.75, 3.05) is 18.0 Å². The number of carbonyl (C=O) groups is 1. The van der Waals surface area contributed by atoms with Crippen LogP contribution < -0.4 is 10.6 Å². The second-order valence-electron chi connectivity index (χ2n) is 4.42. The number of carbonyl (C=O) groups excluding carboxylic acids is 1. The molecule has 4 nitrogen and oxygen atoms in total. The zero-order valence-electron chi connectivity index (χ0n) is 9.65. The van der Waals surface area contributed by atoms with Crippen molar-refractivity contribution < 1.29 is 9.53 Å². The van der Waals surface area contributed by atoms with Gasteiger partial charge in [-0.05, 0) is 31.7 Å². The van der Waals surface area contributed by atoms with Crippen LogP contribution in [0.25, 0.3) is 0 Å². The Hall–Kier alpha value is -1.07. The smallest absolute Gasteiger partial charge is 0.415 e. The van der Waals surface area contributed by atoms with Crippen LogP contribution in [-0.2, 0) is 4.74 Å². The highest BCUT2D eigenvalue weighted by Gasteiger charge is 2.41. The quantitative estimate of drug-likeness (QED) is 0.933. The van der Waals surface area contributed by atoms with Gasteiger partial charge in [0.15, 0.2) is 0 Å². The molecule has 1 unspecified atom stereocenters. The Labute approximate surface area is 109 Å². The maximum atomic E-state index is 11.8. The van der Waals surface area contributed by atoms with Crippen molar-refractivity contribution in [1.29, 1.82) is 0 Å². The van der Waals surface area contributed by atoms with E-state index in [1.807, 2.05) is 31.2 Å². The van der Waals surface area contributed by atoms with E-state index in [1.54, 1.807) is 4.90 Å². The number of hydrogen-bond acceptors (Lipinski definition) is 3. The maximum absolute atomic E-state index is 11.8. The van der Waals surface area contributed by atoms with E-state index in [9.17, 15) is 4.79 Å². The van der Waals surface area contributed by atoms with Crippen molar-refractivity contribution in [3.63, 3.8) is 0 Å². The third-order valence-corrected chi connectivity index (χ3v) is 3.33. The van der Waals surface area contributed by atoms with Crippen LogP contribution in [0.3, 0.4) is 0 Å². The maximum Gasteiger partial charge on any atom is 0.415 e. The molecule has 0 aliphatic carbocycles. The van der Waals surface area contributed by atoms with Gasteiger partial charge in [0.1, 0.15) is 5.60 Å². The summed E-state index contributed by atoms with van der Waals surface area (Å²) in [5.74, 6) is 0. The van der Waals surface area contributed by atoms with Gasteiger partial charge in [-0.2, -0.15) is 0 Å². The Morgan fingerprint density at radius 2 is 2.35 bits per heavy atom. The summed E-state index contributed by atoms with van der Waals surface area (Å²) in [5, 5.41) is 0. The predicted octanol–water partition coefficient (Wildman–Crippen LogP) is 2.51. The molecule has 0 bridgehead atoms. The van der Waals surface area contributed by atoms with Crippen LogP contribution in [0, 0.1) is 0 Å². The minimum Gasteiger partial charge on any atom is -0.441 e. The molecule has 1 atom stereocenters. The highest BCUT2D eigenvalue weighted by atomic mass is 79.9. The van der Waals surface area contributed by atoms with Crippen LogP contribution in [0.5, 0.6) is 0 Å². The van der Waals surface area contributed by atoms with Crippen molar-refractivity contribution in [1.82, 2.24) is 0 Å². The summed E-state index contributed by atoms with van der Waals surface area (Å²) < 4.78 is 6.33. The van der Waals surface area contributed by atoms with E-state index in [0.29, 0.717) is 19.5 Å². The molecule has 0 saturated carbocycles. The number of ether oxygens (including phenoxy) is 1.